The number of rotatable bonds is 2. The molecule has 1 aliphatic heterocycles. The first-order chi connectivity index (χ1) is 9.79. The third-order valence-corrected chi connectivity index (χ3v) is 3.19. The average molecular weight is 306 g/mol. The maximum Gasteiger partial charge on any atom is 0.435 e. The summed E-state index contributed by atoms with van der Waals surface area (Å²) in [5, 5.41) is 3.43. The van der Waals surface area contributed by atoms with Crippen molar-refractivity contribution in [2.45, 2.75) is 12.7 Å². The van der Waals surface area contributed by atoms with E-state index >= 15 is 0 Å². The number of amides is 2. The lowest BCUT2D eigenvalue weighted by Gasteiger charge is -2.31. The molecule has 0 aliphatic carbocycles. The fourth-order valence-corrected chi connectivity index (χ4v) is 2.21. The molecule has 2 heterocycles. The third-order valence-electron chi connectivity index (χ3n) is 3.19. The Hall–Kier alpha value is -1.77. The van der Waals surface area contributed by atoms with Crippen molar-refractivity contribution in [2.75, 3.05) is 33.4 Å². The van der Waals surface area contributed by atoms with Crippen molar-refractivity contribution in [1.82, 2.24) is 19.6 Å². The van der Waals surface area contributed by atoms with Gasteiger partial charge in [-0.1, -0.05) is 0 Å². The molecule has 9 heteroatoms. The molecule has 1 aliphatic rings. The van der Waals surface area contributed by atoms with Crippen molar-refractivity contribution >= 4 is 6.03 Å². The topological polar surface area (TPSA) is 50.6 Å². The Kier molecular flexibility index (Phi) is 4.40. The standard InChI is InChI=1S/C12H17F3N4O2/c1-17(11(20)19-3-5-21-6-4-19)7-9-8-18(2)16-10(9)12(13,14)15/h8H,3-7H2,1-2H3. The molecule has 2 rings (SSSR count). The lowest BCUT2D eigenvalue weighted by Crippen LogP contribution is -2.46. The molecular formula is C12H17F3N4O2. The van der Waals surface area contributed by atoms with Crippen LogP contribution in [-0.4, -0.2) is 59.0 Å². The minimum Gasteiger partial charge on any atom is -0.378 e. The molecule has 1 fully saturated rings. The van der Waals surface area contributed by atoms with E-state index in [1.54, 1.807) is 4.90 Å². The Balaban J connectivity index is 2.08. The highest BCUT2D eigenvalue weighted by Gasteiger charge is 2.37. The van der Waals surface area contributed by atoms with Crippen LogP contribution in [0.2, 0.25) is 0 Å². The number of ether oxygens (including phenoxy) is 1. The van der Waals surface area contributed by atoms with Crippen LogP contribution in [-0.2, 0) is 24.5 Å². The molecule has 0 spiro atoms. The van der Waals surface area contributed by atoms with Gasteiger partial charge in [0, 0.05) is 38.9 Å². The third kappa shape index (κ3) is 3.66. The van der Waals surface area contributed by atoms with Crippen molar-refractivity contribution in [3.8, 4) is 0 Å². The number of nitrogens with zero attached hydrogens (tertiary/aromatic N) is 4. The Morgan fingerprint density at radius 1 is 1.43 bits per heavy atom. The van der Waals surface area contributed by atoms with Crippen LogP contribution in [0.3, 0.4) is 0 Å². The Bertz CT molecular complexity index is 509. The molecule has 0 saturated carbocycles. The maximum atomic E-state index is 12.9. The van der Waals surface area contributed by atoms with Crippen molar-refractivity contribution in [3.63, 3.8) is 0 Å². The smallest absolute Gasteiger partial charge is 0.378 e. The van der Waals surface area contributed by atoms with Crippen LogP contribution in [0.1, 0.15) is 11.3 Å². The SMILES string of the molecule is CN(Cc1cn(C)nc1C(F)(F)F)C(=O)N1CCOCC1. The fraction of sp³-hybridized carbons (Fsp3) is 0.667. The number of carbonyl (C=O) groups excluding carboxylic acids is 1. The van der Waals surface area contributed by atoms with Gasteiger partial charge in [0.1, 0.15) is 0 Å². The summed E-state index contributed by atoms with van der Waals surface area (Å²) in [6, 6.07) is -0.310. The van der Waals surface area contributed by atoms with E-state index in [-0.39, 0.29) is 18.1 Å². The molecule has 0 bridgehead atoms. The zero-order valence-electron chi connectivity index (χ0n) is 11.9. The normalized spacial score (nSPS) is 16.1. The molecule has 1 saturated heterocycles. The zero-order valence-corrected chi connectivity index (χ0v) is 11.9. The predicted octanol–water partition coefficient (Wildman–Crippen LogP) is 1.32. The monoisotopic (exact) mass is 306 g/mol. The number of alkyl halides is 3. The molecule has 1 aromatic rings. The molecule has 0 aromatic carbocycles. The van der Waals surface area contributed by atoms with Gasteiger partial charge in [0.25, 0.3) is 0 Å². The van der Waals surface area contributed by atoms with Gasteiger partial charge in [0.15, 0.2) is 5.69 Å². The van der Waals surface area contributed by atoms with Gasteiger partial charge >= 0.3 is 12.2 Å². The number of morpholine rings is 1. The lowest BCUT2D eigenvalue weighted by atomic mass is 10.2. The summed E-state index contributed by atoms with van der Waals surface area (Å²) in [6.45, 7) is 1.64. The van der Waals surface area contributed by atoms with E-state index in [1.807, 2.05) is 0 Å². The summed E-state index contributed by atoms with van der Waals surface area (Å²) in [6.07, 6.45) is -3.24. The first-order valence-corrected chi connectivity index (χ1v) is 6.46. The second kappa shape index (κ2) is 5.92. The van der Waals surface area contributed by atoms with E-state index in [1.165, 1.54) is 25.2 Å². The Labute approximate surface area is 120 Å². The van der Waals surface area contributed by atoms with E-state index in [0.29, 0.717) is 26.3 Å². The summed E-state index contributed by atoms with van der Waals surface area (Å²) < 4.78 is 44.8. The summed E-state index contributed by atoms with van der Waals surface area (Å²) in [5.74, 6) is 0. The number of aromatic nitrogens is 2. The highest BCUT2D eigenvalue weighted by molar-refractivity contribution is 5.74. The molecule has 21 heavy (non-hydrogen) atoms. The quantitative estimate of drug-likeness (QED) is 0.828. The van der Waals surface area contributed by atoms with Crippen molar-refractivity contribution in [2.24, 2.45) is 7.05 Å². The molecule has 118 valence electrons. The van der Waals surface area contributed by atoms with E-state index in [4.69, 9.17) is 4.74 Å². The number of urea groups is 1. The van der Waals surface area contributed by atoms with Gasteiger partial charge in [0.2, 0.25) is 0 Å². The number of aryl methyl sites for hydroxylation is 1. The van der Waals surface area contributed by atoms with Crippen molar-refractivity contribution in [3.05, 3.63) is 17.5 Å². The summed E-state index contributed by atoms with van der Waals surface area (Å²) in [4.78, 5) is 15.0. The zero-order chi connectivity index (χ0) is 15.6. The van der Waals surface area contributed by atoms with E-state index in [9.17, 15) is 18.0 Å². The number of hydrogen-bond acceptors (Lipinski definition) is 3. The molecule has 2 amide bonds. The van der Waals surface area contributed by atoms with Gasteiger partial charge in [-0.2, -0.15) is 18.3 Å². The fourth-order valence-electron chi connectivity index (χ4n) is 2.21. The molecule has 6 nitrogen and oxygen atoms in total. The molecule has 0 unspecified atom stereocenters. The van der Waals surface area contributed by atoms with Crippen molar-refractivity contribution in [1.29, 1.82) is 0 Å². The number of carbonyl (C=O) groups is 1. The minimum atomic E-state index is -4.53. The van der Waals surface area contributed by atoms with E-state index < -0.39 is 11.9 Å². The van der Waals surface area contributed by atoms with Gasteiger partial charge in [-0.05, 0) is 0 Å². The molecule has 0 N–H and O–H groups in total. The van der Waals surface area contributed by atoms with Crippen molar-refractivity contribution < 1.29 is 22.7 Å². The van der Waals surface area contributed by atoms with Gasteiger partial charge in [-0.3, -0.25) is 4.68 Å². The van der Waals surface area contributed by atoms with Crippen LogP contribution in [0.15, 0.2) is 6.20 Å². The predicted molar refractivity (Wildman–Crippen MR) is 67.5 cm³/mol. The highest BCUT2D eigenvalue weighted by atomic mass is 19.4. The second-order valence-corrected chi connectivity index (χ2v) is 4.91. The summed E-state index contributed by atoms with van der Waals surface area (Å²) in [5.41, 5.74) is -0.972. The van der Waals surface area contributed by atoms with Crippen LogP contribution in [0.4, 0.5) is 18.0 Å². The van der Waals surface area contributed by atoms with Crippen LogP contribution >= 0.6 is 0 Å². The Morgan fingerprint density at radius 2 is 2.05 bits per heavy atom. The van der Waals surface area contributed by atoms with Gasteiger partial charge in [-0.15, -0.1) is 0 Å². The van der Waals surface area contributed by atoms with E-state index in [0.717, 1.165) is 4.68 Å². The average Bonchev–Trinajstić information content (AvgIpc) is 2.79. The summed E-state index contributed by atoms with van der Waals surface area (Å²) in [7, 11) is 2.90. The molecular weight excluding hydrogens is 289 g/mol. The number of halogens is 3. The van der Waals surface area contributed by atoms with Crippen LogP contribution in [0, 0.1) is 0 Å². The first kappa shape index (κ1) is 15.6. The first-order valence-electron chi connectivity index (χ1n) is 6.46. The lowest BCUT2D eigenvalue weighted by molar-refractivity contribution is -0.142. The van der Waals surface area contributed by atoms with E-state index in [2.05, 4.69) is 5.10 Å². The van der Waals surface area contributed by atoms with Gasteiger partial charge in [-0.25, -0.2) is 4.79 Å². The number of hydrogen-bond donors (Lipinski definition) is 0. The largest absolute Gasteiger partial charge is 0.435 e. The molecule has 1 aromatic heterocycles. The van der Waals surface area contributed by atoms with Crippen LogP contribution in [0.25, 0.3) is 0 Å². The summed E-state index contributed by atoms with van der Waals surface area (Å²) >= 11 is 0. The van der Waals surface area contributed by atoms with Gasteiger partial charge < -0.3 is 14.5 Å². The van der Waals surface area contributed by atoms with Gasteiger partial charge in [0.05, 0.1) is 19.8 Å². The van der Waals surface area contributed by atoms with Crippen LogP contribution in [0.5, 0.6) is 0 Å². The molecule has 0 atom stereocenters. The van der Waals surface area contributed by atoms with Crippen LogP contribution < -0.4 is 0 Å². The minimum absolute atomic E-state index is 0.0193. The second-order valence-electron chi connectivity index (χ2n) is 4.91. The Morgan fingerprint density at radius 3 is 2.62 bits per heavy atom. The highest BCUT2D eigenvalue weighted by Crippen LogP contribution is 2.31. The molecule has 0 radical (unpaired) electrons. The maximum absolute atomic E-state index is 12.9.